The molecule has 0 aromatic heterocycles. The summed E-state index contributed by atoms with van der Waals surface area (Å²) in [5.41, 5.74) is 0.571. The van der Waals surface area contributed by atoms with E-state index in [0.717, 1.165) is 0 Å². The minimum Gasteiger partial charge on any atom is -0.466 e. The van der Waals surface area contributed by atoms with Crippen LogP contribution in [0.25, 0.3) is 0 Å². The Balaban J connectivity index is 2.35. The number of methoxy groups -OCH3 is 3. The van der Waals surface area contributed by atoms with Gasteiger partial charge in [0.25, 0.3) is 0 Å². The molecule has 2 bridgehead atoms. The highest BCUT2D eigenvalue weighted by Gasteiger charge is 2.55. The number of fused-ring (bicyclic) bond motifs is 2. The number of Topliss-reactive ketones (excluding diaryl/α,β-unsaturated/α-hetero) is 1. The van der Waals surface area contributed by atoms with Crippen LogP contribution in [0.1, 0.15) is 12.8 Å². The maximum atomic E-state index is 12.1. The first-order valence-corrected chi connectivity index (χ1v) is 5.52. The average Bonchev–Trinajstić information content (AvgIpc) is 2.70. The first-order valence-electron chi connectivity index (χ1n) is 5.52. The van der Waals surface area contributed by atoms with Gasteiger partial charge in [0.15, 0.2) is 5.78 Å². The van der Waals surface area contributed by atoms with Crippen molar-refractivity contribution in [3.05, 3.63) is 11.6 Å². The van der Waals surface area contributed by atoms with Gasteiger partial charge in [0.2, 0.25) is 5.79 Å². The second-order valence-corrected chi connectivity index (χ2v) is 4.36. The smallest absolute Gasteiger partial charge is 0.333 e. The zero-order chi connectivity index (χ0) is 12.6. The van der Waals surface area contributed by atoms with Crippen molar-refractivity contribution in [3.8, 4) is 0 Å². The van der Waals surface area contributed by atoms with E-state index in [9.17, 15) is 9.59 Å². The lowest BCUT2D eigenvalue weighted by Gasteiger charge is -2.37. The highest BCUT2D eigenvalue weighted by molar-refractivity contribution is 5.95. The van der Waals surface area contributed by atoms with E-state index < -0.39 is 5.79 Å². The molecule has 5 heteroatoms. The van der Waals surface area contributed by atoms with E-state index in [1.54, 1.807) is 6.08 Å². The molecule has 5 nitrogen and oxygen atoms in total. The van der Waals surface area contributed by atoms with Crippen LogP contribution in [0.3, 0.4) is 0 Å². The largest absolute Gasteiger partial charge is 0.466 e. The summed E-state index contributed by atoms with van der Waals surface area (Å²) in [6, 6.07) is 0. The lowest BCUT2D eigenvalue weighted by atomic mass is 9.80. The van der Waals surface area contributed by atoms with Crippen molar-refractivity contribution in [2.45, 2.75) is 18.6 Å². The Kier molecular flexibility index (Phi) is 3.05. The molecule has 1 fully saturated rings. The third-order valence-corrected chi connectivity index (χ3v) is 3.70. The SMILES string of the molecule is COC(=O)C1=C[C@H]2C[C@@H]1CC(=O)C2(OC)OC. The molecule has 2 aliphatic carbocycles. The standard InChI is InChI=1S/C12H16O5/c1-15-11(14)9-6-8-4-7(9)5-10(13)12(8,16-2)17-3/h6-8H,4-5H2,1-3H3/t7-,8-/m1/s1. The van der Waals surface area contributed by atoms with Crippen LogP contribution in [0.4, 0.5) is 0 Å². The van der Waals surface area contributed by atoms with Crippen molar-refractivity contribution in [3.63, 3.8) is 0 Å². The molecular formula is C12H16O5. The van der Waals surface area contributed by atoms with E-state index in [1.807, 2.05) is 0 Å². The predicted molar refractivity (Wildman–Crippen MR) is 58.1 cm³/mol. The molecule has 1 saturated carbocycles. The molecule has 0 aromatic carbocycles. The topological polar surface area (TPSA) is 61.8 Å². The van der Waals surface area contributed by atoms with Crippen LogP contribution in [0.15, 0.2) is 11.6 Å². The molecule has 2 rings (SSSR count). The molecule has 0 saturated heterocycles. The van der Waals surface area contributed by atoms with E-state index in [4.69, 9.17) is 14.2 Å². The summed E-state index contributed by atoms with van der Waals surface area (Å²) >= 11 is 0. The Labute approximate surface area is 99.7 Å². The highest BCUT2D eigenvalue weighted by Crippen LogP contribution is 2.46. The monoisotopic (exact) mass is 240 g/mol. The van der Waals surface area contributed by atoms with Gasteiger partial charge in [-0.1, -0.05) is 6.08 Å². The maximum absolute atomic E-state index is 12.1. The van der Waals surface area contributed by atoms with Crippen molar-refractivity contribution in [2.24, 2.45) is 11.8 Å². The minimum atomic E-state index is -1.23. The van der Waals surface area contributed by atoms with Crippen LogP contribution in [-0.4, -0.2) is 38.9 Å². The van der Waals surface area contributed by atoms with Crippen molar-refractivity contribution in [2.75, 3.05) is 21.3 Å². The lowest BCUT2D eigenvalue weighted by molar-refractivity contribution is -0.229. The van der Waals surface area contributed by atoms with Gasteiger partial charge in [-0.05, 0) is 12.3 Å². The molecule has 0 amide bonds. The second kappa shape index (κ2) is 4.23. The number of ketones is 1. The molecule has 0 N–H and O–H groups in total. The number of rotatable bonds is 3. The molecule has 0 aromatic rings. The number of esters is 1. The van der Waals surface area contributed by atoms with Crippen LogP contribution in [-0.2, 0) is 23.8 Å². The first-order chi connectivity index (χ1) is 8.08. The summed E-state index contributed by atoms with van der Waals surface area (Å²) in [6.07, 6.45) is 2.71. The van der Waals surface area contributed by atoms with Crippen LogP contribution >= 0.6 is 0 Å². The van der Waals surface area contributed by atoms with Gasteiger partial charge in [0.1, 0.15) is 0 Å². The van der Waals surface area contributed by atoms with Gasteiger partial charge in [0.05, 0.1) is 7.11 Å². The normalized spacial score (nSPS) is 30.1. The first kappa shape index (κ1) is 12.3. The molecule has 0 aliphatic heterocycles. The van der Waals surface area contributed by atoms with Gasteiger partial charge in [-0.15, -0.1) is 0 Å². The van der Waals surface area contributed by atoms with Crippen LogP contribution in [0.2, 0.25) is 0 Å². The van der Waals surface area contributed by atoms with Gasteiger partial charge >= 0.3 is 5.97 Å². The van der Waals surface area contributed by atoms with E-state index in [0.29, 0.717) is 12.0 Å². The summed E-state index contributed by atoms with van der Waals surface area (Å²) in [5.74, 6) is -1.98. The van der Waals surface area contributed by atoms with Crippen molar-refractivity contribution in [1.29, 1.82) is 0 Å². The number of ether oxygens (including phenoxy) is 3. The Morgan fingerprint density at radius 3 is 2.53 bits per heavy atom. The number of carbonyl (C=O) groups excluding carboxylic acids is 2. The molecule has 0 spiro atoms. The Morgan fingerprint density at radius 2 is 2.00 bits per heavy atom. The van der Waals surface area contributed by atoms with E-state index in [-0.39, 0.29) is 30.0 Å². The summed E-state index contributed by atoms with van der Waals surface area (Å²) in [6.45, 7) is 0. The number of hydrogen-bond donors (Lipinski definition) is 0. The molecular weight excluding hydrogens is 224 g/mol. The van der Waals surface area contributed by atoms with Gasteiger partial charge in [-0.3, -0.25) is 4.79 Å². The van der Waals surface area contributed by atoms with Crippen molar-refractivity contribution in [1.82, 2.24) is 0 Å². The van der Waals surface area contributed by atoms with Crippen LogP contribution in [0, 0.1) is 11.8 Å². The van der Waals surface area contributed by atoms with Crippen LogP contribution in [0.5, 0.6) is 0 Å². The molecule has 2 aliphatic rings. The summed E-state index contributed by atoms with van der Waals surface area (Å²) in [7, 11) is 4.24. The molecule has 17 heavy (non-hydrogen) atoms. The number of carbonyl (C=O) groups is 2. The minimum absolute atomic E-state index is 0.0571. The number of hydrogen-bond acceptors (Lipinski definition) is 5. The third kappa shape index (κ3) is 1.61. The Morgan fingerprint density at radius 1 is 1.35 bits per heavy atom. The van der Waals surface area contributed by atoms with Crippen LogP contribution < -0.4 is 0 Å². The molecule has 0 heterocycles. The Hall–Kier alpha value is -1.20. The average molecular weight is 240 g/mol. The molecule has 0 radical (unpaired) electrons. The van der Waals surface area contributed by atoms with E-state index >= 15 is 0 Å². The zero-order valence-electron chi connectivity index (χ0n) is 10.2. The fourth-order valence-electron chi connectivity index (χ4n) is 2.85. The third-order valence-electron chi connectivity index (χ3n) is 3.70. The predicted octanol–water partition coefficient (Wildman–Crippen LogP) is 0.684. The zero-order valence-corrected chi connectivity index (χ0v) is 10.2. The second-order valence-electron chi connectivity index (χ2n) is 4.36. The summed E-state index contributed by atoms with van der Waals surface area (Å²) in [4.78, 5) is 23.6. The van der Waals surface area contributed by atoms with Gasteiger partial charge < -0.3 is 14.2 Å². The fourth-order valence-corrected chi connectivity index (χ4v) is 2.85. The highest BCUT2D eigenvalue weighted by atomic mass is 16.7. The maximum Gasteiger partial charge on any atom is 0.333 e. The Bertz CT molecular complexity index is 380. The van der Waals surface area contributed by atoms with Gasteiger partial charge in [-0.2, -0.15) is 0 Å². The summed E-state index contributed by atoms with van der Waals surface area (Å²) in [5, 5.41) is 0. The lowest BCUT2D eigenvalue weighted by Crippen LogP contribution is -2.51. The molecule has 0 unspecified atom stereocenters. The fraction of sp³-hybridized carbons (Fsp3) is 0.667. The molecule has 94 valence electrons. The van der Waals surface area contributed by atoms with Crippen molar-refractivity contribution < 1.29 is 23.8 Å². The van der Waals surface area contributed by atoms with E-state index in [1.165, 1.54) is 21.3 Å². The van der Waals surface area contributed by atoms with Gasteiger partial charge in [0, 0.05) is 32.1 Å². The quantitative estimate of drug-likeness (QED) is 0.536. The van der Waals surface area contributed by atoms with Crippen molar-refractivity contribution >= 4 is 11.8 Å². The molecule has 2 atom stereocenters. The summed E-state index contributed by atoms with van der Waals surface area (Å²) < 4.78 is 15.2. The van der Waals surface area contributed by atoms with Gasteiger partial charge in [-0.25, -0.2) is 4.79 Å². The van der Waals surface area contributed by atoms with E-state index in [2.05, 4.69) is 0 Å².